The highest BCUT2D eigenvalue weighted by Gasteiger charge is 2.72. The van der Waals surface area contributed by atoms with E-state index in [0.717, 1.165) is 0 Å². The van der Waals surface area contributed by atoms with Gasteiger partial charge in [-0.15, -0.1) is 11.6 Å². The van der Waals surface area contributed by atoms with Crippen LogP contribution in [0.25, 0.3) is 0 Å². The first-order valence-corrected chi connectivity index (χ1v) is 30.4. The lowest BCUT2D eigenvalue weighted by Crippen LogP contribution is -2.67. The summed E-state index contributed by atoms with van der Waals surface area (Å²) in [6.07, 6.45) is -6.45. The van der Waals surface area contributed by atoms with Gasteiger partial charge in [0.05, 0.1) is 52.5 Å². The number of rotatable bonds is 12. The number of alkyl halides is 2. The fourth-order valence-electron chi connectivity index (χ4n) is 16.6. The zero-order chi connectivity index (χ0) is 60.4. The maximum Gasteiger partial charge on any atom is 0.311 e. The topological polar surface area (TPSA) is 246 Å². The summed E-state index contributed by atoms with van der Waals surface area (Å²) >= 11 is 7.61. The summed E-state index contributed by atoms with van der Waals surface area (Å²) in [7, 11) is 5.22. The first-order valence-electron chi connectivity index (χ1n) is 30.0. The molecular weight excluding hydrogens is 1070 g/mol. The predicted octanol–water partition coefficient (Wildman–Crippen LogP) is 5.23. The normalized spacial score (nSPS) is 50.3. The summed E-state index contributed by atoms with van der Waals surface area (Å²) in [5.74, 6) is -4.84. The van der Waals surface area contributed by atoms with E-state index < -0.39 is 136 Å². The molecule has 6 fully saturated rings. The highest BCUT2D eigenvalue weighted by molar-refractivity contribution is 6.26. The SMILES string of the molecule is CC[C@H]1OC(=O)[C@H](C)C(OC2C[C@](C)(OC)[C@H](O)C(C)O2)[C@H](C)[C@@H](OC2OC(C)C[C@@H](N(C)C)[C@H]2O)[C@](C)(O)C[C@@H](C)CN(CCCNC(=O)[C@H]2[C@H](C)CC3C4C[C@H](F)C5=CC(=O)C=C[C@]5(C)[C@@]4(Cl)[C@@H](O)C[C@@]32C)[C@H](C)[C@@H](O)[C@]1(C)O. The van der Waals surface area contributed by atoms with Crippen molar-refractivity contribution in [2.24, 2.45) is 52.3 Å². The van der Waals surface area contributed by atoms with Gasteiger partial charge in [-0.2, -0.15) is 0 Å². The molecule has 464 valence electrons. The molecule has 18 nitrogen and oxygen atoms in total. The van der Waals surface area contributed by atoms with Crippen LogP contribution < -0.4 is 5.32 Å². The van der Waals surface area contributed by atoms with E-state index in [4.69, 9.17) is 40.0 Å². The van der Waals surface area contributed by atoms with Crippen LogP contribution in [0.1, 0.15) is 141 Å². The van der Waals surface area contributed by atoms with Crippen molar-refractivity contribution in [2.75, 3.05) is 40.8 Å². The maximum absolute atomic E-state index is 16.2. The third-order valence-corrected chi connectivity index (χ3v) is 22.1. The first-order chi connectivity index (χ1) is 37.5. The third kappa shape index (κ3) is 12.4. The number of esters is 1. The Morgan fingerprint density at radius 1 is 0.914 bits per heavy atom. The van der Waals surface area contributed by atoms with Crippen LogP contribution in [-0.2, 0) is 42.8 Å². The Morgan fingerprint density at radius 2 is 1.58 bits per heavy atom. The molecule has 0 bridgehead atoms. The molecule has 3 saturated carbocycles. The van der Waals surface area contributed by atoms with E-state index in [1.165, 1.54) is 26.2 Å². The summed E-state index contributed by atoms with van der Waals surface area (Å²) in [5, 5.41) is 76.1. The molecular formula is C61H101ClFN3O15. The number of halogens is 2. The van der Waals surface area contributed by atoms with E-state index >= 15 is 4.39 Å². The Bertz CT molecular complexity index is 2290. The quantitative estimate of drug-likeness (QED) is 0.0752. The summed E-state index contributed by atoms with van der Waals surface area (Å²) in [6, 6.07) is -1.11. The van der Waals surface area contributed by atoms with Crippen LogP contribution in [0, 0.1) is 52.3 Å². The van der Waals surface area contributed by atoms with E-state index in [1.807, 2.05) is 58.5 Å². The minimum absolute atomic E-state index is 0.0400. The summed E-state index contributed by atoms with van der Waals surface area (Å²) in [5.41, 5.74) is -6.31. The third-order valence-electron chi connectivity index (χ3n) is 21.2. The van der Waals surface area contributed by atoms with E-state index in [-0.39, 0.29) is 86.8 Å². The second kappa shape index (κ2) is 24.9. The number of likely N-dealkylation sites (N-methyl/N-ethyl adjacent to an activating group) is 1. The van der Waals surface area contributed by atoms with Crippen LogP contribution in [0.4, 0.5) is 4.39 Å². The summed E-state index contributed by atoms with van der Waals surface area (Å²) in [6.45, 7) is 24.1. The molecule has 0 aromatic heterocycles. The average Bonchev–Trinajstić information content (AvgIpc) is 3.80. The lowest BCUT2D eigenvalue weighted by atomic mass is 9.46. The molecule has 0 aromatic carbocycles. The number of nitrogens with one attached hydrogen (secondary N) is 1. The highest BCUT2D eigenvalue weighted by atomic mass is 35.5. The number of cyclic esters (lactones) is 1. The minimum Gasteiger partial charge on any atom is -0.459 e. The largest absolute Gasteiger partial charge is 0.459 e. The van der Waals surface area contributed by atoms with Gasteiger partial charge in [-0.1, -0.05) is 47.6 Å². The molecule has 0 aromatic rings. The molecule has 7 rings (SSSR count). The number of ether oxygens (including phenoxy) is 6. The van der Waals surface area contributed by atoms with Crippen LogP contribution in [0.3, 0.4) is 0 Å². The van der Waals surface area contributed by atoms with Crippen molar-refractivity contribution in [1.29, 1.82) is 0 Å². The van der Waals surface area contributed by atoms with Crippen molar-refractivity contribution < 1.29 is 77.8 Å². The van der Waals surface area contributed by atoms with E-state index in [1.54, 1.807) is 54.5 Å². The molecule has 27 atom stereocenters. The number of amides is 1. The Labute approximate surface area is 486 Å². The van der Waals surface area contributed by atoms with Gasteiger partial charge in [0, 0.05) is 62.5 Å². The smallest absolute Gasteiger partial charge is 0.311 e. The molecule has 81 heavy (non-hydrogen) atoms. The summed E-state index contributed by atoms with van der Waals surface area (Å²) in [4.78, 5) is 44.4. The van der Waals surface area contributed by atoms with Gasteiger partial charge in [-0.05, 0) is 154 Å². The molecule has 3 heterocycles. The van der Waals surface area contributed by atoms with Crippen molar-refractivity contribution in [2.45, 2.75) is 249 Å². The van der Waals surface area contributed by atoms with Gasteiger partial charge >= 0.3 is 5.97 Å². The van der Waals surface area contributed by atoms with E-state index in [0.29, 0.717) is 31.4 Å². The second-order valence-electron chi connectivity index (χ2n) is 27.5. The predicted molar refractivity (Wildman–Crippen MR) is 302 cm³/mol. The number of allylic oxidation sites excluding steroid dienone is 4. The van der Waals surface area contributed by atoms with Gasteiger partial charge in [0.25, 0.3) is 0 Å². The number of hydrogen-bond donors (Lipinski definition) is 7. The van der Waals surface area contributed by atoms with Crippen LogP contribution in [0.5, 0.6) is 0 Å². The zero-order valence-electron chi connectivity index (χ0n) is 51.1. The standard InChI is InChI=1S/C61H101ClFN3O15/c1-17-45-60(13,75)50(70)36(7)66(22-18-21-64-53(72)47-32(3)23-39-40-26-42(63)41-25-38(67)19-20-57(41,10)61(40,62)44(68)28-56(39,47)9)30-31(2)27-58(11,74)52(81-55-48(69)43(65(14)15)24-33(4)77-55)34(5)49(35(6)54(73)79-45)80-46-29-59(12,76-16)51(71)37(8)78-46/h19-20,25,31-37,39-40,42-52,55,68-71,74-75H,17-18,21-24,26-30H2,1-16H3,(H,64,72)/t31-,32-,33?,34+,35-,36-,37?,39?,40?,42+,43-,44+,45-,46?,47-,48-,49?,50-,51-,52-,55?,56+,57+,58-,59+,60-,61+/m1/s1. The lowest BCUT2D eigenvalue weighted by Gasteiger charge is -2.63. The van der Waals surface area contributed by atoms with Crippen molar-refractivity contribution in [3.8, 4) is 0 Å². The number of carbonyl (C=O) groups excluding carboxylic acids is 3. The highest BCUT2D eigenvalue weighted by Crippen LogP contribution is 2.71. The molecule has 0 spiro atoms. The van der Waals surface area contributed by atoms with Crippen molar-refractivity contribution >= 4 is 29.3 Å². The molecule has 20 heteroatoms. The number of fused-ring (bicyclic) bond motifs is 5. The van der Waals surface area contributed by atoms with E-state index in [9.17, 15) is 45.0 Å². The Kier molecular flexibility index (Phi) is 20.4. The van der Waals surface area contributed by atoms with Gasteiger partial charge in [0.1, 0.15) is 36.2 Å². The Balaban J connectivity index is 1.15. The fourth-order valence-corrected chi connectivity index (χ4v) is 17.1. The number of aliphatic hydroxyl groups is 6. The molecule has 4 aliphatic carbocycles. The van der Waals surface area contributed by atoms with Gasteiger partial charge in [-0.3, -0.25) is 19.3 Å². The van der Waals surface area contributed by atoms with Gasteiger partial charge in [0.2, 0.25) is 5.91 Å². The molecule has 7 N–H and O–H groups in total. The Hall–Kier alpha value is -2.21. The van der Waals surface area contributed by atoms with Crippen LogP contribution >= 0.6 is 11.6 Å². The number of hydrogen-bond acceptors (Lipinski definition) is 17. The van der Waals surface area contributed by atoms with Gasteiger partial charge in [-0.25, -0.2) is 4.39 Å². The zero-order valence-corrected chi connectivity index (χ0v) is 51.9. The lowest BCUT2D eigenvalue weighted by molar-refractivity contribution is -0.318. The Morgan fingerprint density at radius 3 is 2.21 bits per heavy atom. The van der Waals surface area contributed by atoms with Crippen LogP contribution in [0.2, 0.25) is 0 Å². The van der Waals surface area contributed by atoms with Gasteiger partial charge in [0.15, 0.2) is 18.4 Å². The number of carbonyl (C=O) groups is 3. The molecule has 3 aliphatic heterocycles. The maximum atomic E-state index is 16.2. The van der Waals surface area contributed by atoms with Crippen molar-refractivity contribution in [1.82, 2.24) is 15.1 Å². The monoisotopic (exact) mass is 1170 g/mol. The minimum atomic E-state index is -1.98. The molecule has 0 radical (unpaired) electrons. The fraction of sp³-hybridized carbons (Fsp3) is 0.885. The van der Waals surface area contributed by atoms with Crippen molar-refractivity contribution in [3.63, 3.8) is 0 Å². The summed E-state index contributed by atoms with van der Waals surface area (Å²) < 4.78 is 54.6. The van der Waals surface area contributed by atoms with Crippen LogP contribution in [-0.4, -0.2) is 206 Å². The van der Waals surface area contributed by atoms with Crippen LogP contribution in [0.15, 0.2) is 23.8 Å². The molecule has 3 saturated heterocycles. The average molecular weight is 1170 g/mol. The molecule has 1 amide bonds. The number of methoxy groups -OCH3 is 1. The molecule has 7 aliphatic rings. The first kappa shape index (κ1) is 66.3. The van der Waals surface area contributed by atoms with E-state index in [2.05, 4.69) is 5.32 Å². The van der Waals surface area contributed by atoms with Crippen molar-refractivity contribution in [3.05, 3.63) is 23.8 Å². The second-order valence-corrected chi connectivity index (χ2v) is 28.1. The number of ketones is 1. The number of nitrogens with zero attached hydrogens (tertiary/aromatic N) is 2. The van der Waals surface area contributed by atoms with Gasteiger partial charge < -0.3 is 69.3 Å². The number of aliphatic hydroxyl groups excluding tert-OH is 4. The molecule has 7 unspecified atom stereocenters.